The molecule has 1 unspecified atom stereocenters. The number of hydrogen-bond acceptors (Lipinski definition) is 3. The van der Waals surface area contributed by atoms with Crippen LogP contribution < -0.4 is 5.32 Å². The molecule has 1 atom stereocenters. The fraction of sp³-hybridized carbons (Fsp3) is 0.429. The van der Waals surface area contributed by atoms with Crippen molar-refractivity contribution in [3.05, 3.63) is 29.8 Å². The number of hydrogen-bond donors (Lipinski definition) is 2. The van der Waals surface area contributed by atoms with Gasteiger partial charge in [-0.3, -0.25) is 14.5 Å². The summed E-state index contributed by atoms with van der Waals surface area (Å²) in [5.74, 6) is -1.03. The van der Waals surface area contributed by atoms with E-state index in [2.05, 4.69) is 10.2 Å². The number of carboxylic acids is 1. The maximum Gasteiger partial charge on any atom is 0.307 e. The van der Waals surface area contributed by atoms with Crippen molar-refractivity contribution in [1.82, 2.24) is 4.90 Å². The lowest BCUT2D eigenvalue weighted by molar-refractivity contribution is -0.141. The van der Waals surface area contributed by atoms with Gasteiger partial charge in [-0.1, -0.05) is 12.1 Å². The van der Waals surface area contributed by atoms with Gasteiger partial charge < -0.3 is 10.4 Å². The molecular formula is C14H18N2O3. The highest BCUT2D eigenvalue weighted by Crippen LogP contribution is 2.19. The Bertz CT molecular complexity index is 470. The van der Waals surface area contributed by atoms with Crippen LogP contribution in [0.25, 0.3) is 0 Å². The van der Waals surface area contributed by atoms with Crippen molar-refractivity contribution in [3.8, 4) is 0 Å². The number of amides is 1. The molecule has 0 spiro atoms. The fourth-order valence-electron chi connectivity index (χ4n) is 2.33. The highest BCUT2D eigenvalue weighted by Gasteiger charge is 2.27. The molecule has 1 aliphatic heterocycles. The molecule has 5 heteroatoms. The van der Waals surface area contributed by atoms with Crippen molar-refractivity contribution >= 4 is 17.6 Å². The van der Waals surface area contributed by atoms with Crippen molar-refractivity contribution in [2.24, 2.45) is 5.92 Å². The largest absolute Gasteiger partial charge is 0.481 e. The summed E-state index contributed by atoms with van der Waals surface area (Å²) in [6.45, 7) is 3.67. The van der Waals surface area contributed by atoms with Gasteiger partial charge in [-0.25, -0.2) is 0 Å². The molecule has 5 nitrogen and oxygen atoms in total. The molecule has 1 aromatic rings. The van der Waals surface area contributed by atoms with Gasteiger partial charge in [-0.15, -0.1) is 0 Å². The molecule has 1 amide bonds. The third kappa shape index (κ3) is 3.79. The minimum atomic E-state index is -0.705. The van der Waals surface area contributed by atoms with Crippen LogP contribution >= 0.6 is 0 Å². The van der Waals surface area contributed by atoms with Crippen molar-refractivity contribution < 1.29 is 14.7 Å². The Labute approximate surface area is 112 Å². The van der Waals surface area contributed by atoms with Crippen molar-refractivity contribution in [1.29, 1.82) is 0 Å². The Morgan fingerprint density at radius 3 is 2.58 bits per heavy atom. The van der Waals surface area contributed by atoms with E-state index in [1.54, 1.807) is 0 Å². The topological polar surface area (TPSA) is 69.6 Å². The van der Waals surface area contributed by atoms with Gasteiger partial charge >= 0.3 is 5.97 Å². The minimum absolute atomic E-state index is 0.0865. The monoisotopic (exact) mass is 262 g/mol. The van der Waals surface area contributed by atoms with Crippen LogP contribution in [0.15, 0.2) is 24.3 Å². The Balaban J connectivity index is 1.90. The summed E-state index contributed by atoms with van der Waals surface area (Å²) < 4.78 is 0. The summed E-state index contributed by atoms with van der Waals surface area (Å²) in [4.78, 5) is 23.9. The zero-order chi connectivity index (χ0) is 13.8. The molecule has 19 heavy (non-hydrogen) atoms. The SMILES string of the molecule is CC(=O)Nc1ccc(CN2CCC(C(=O)O)C2)cc1. The van der Waals surface area contributed by atoms with Crippen LogP contribution in [0.2, 0.25) is 0 Å². The number of rotatable bonds is 4. The van der Waals surface area contributed by atoms with Crippen LogP contribution in [0.5, 0.6) is 0 Å². The highest BCUT2D eigenvalue weighted by atomic mass is 16.4. The van der Waals surface area contributed by atoms with Crippen LogP contribution in [0.1, 0.15) is 18.9 Å². The molecule has 2 rings (SSSR count). The van der Waals surface area contributed by atoms with E-state index in [1.165, 1.54) is 6.92 Å². The third-order valence-electron chi connectivity index (χ3n) is 3.30. The second kappa shape index (κ2) is 5.84. The van der Waals surface area contributed by atoms with Gasteiger partial charge in [0.25, 0.3) is 0 Å². The second-order valence-electron chi connectivity index (χ2n) is 4.94. The summed E-state index contributed by atoms with van der Waals surface area (Å²) in [5.41, 5.74) is 1.90. The standard InChI is InChI=1S/C14H18N2O3/c1-10(17)15-13-4-2-11(3-5-13)8-16-7-6-12(9-16)14(18)19/h2-5,12H,6-9H2,1H3,(H,15,17)(H,18,19). The summed E-state index contributed by atoms with van der Waals surface area (Å²) in [7, 11) is 0. The number of carbonyl (C=O) groups excluding carboxylic acids is 1. The van der Waals surface area contributed by atoms with Crippen molar-refractivity contribution in [2.45, 2.75) is 19.9 Å². The van der Waals surface area contributed by atoms with E-state index in [9.17, 15) is 9.59 Å². The molecule has 0 aromatic heterocycles. The van der Waals surface area contributed by atoms with Gasteiger partial charge in [0.05, 0.1) is 5.92 Å². The average molecular weight is 262 g/mol. The number of aliphatic carboxylic acids is 1. The molecule has 1 heterocycles. The van der Waals surface area contributed by atoms with Crippen molar-refractivity contribution in [2.75, 3.05) is 18.4 Å². The van der Waals surface area contributed by atoms with Gasteiger partial charge in [0.15, 0.2) is 0 Å². The summed E-state index contributed by atoms with van der Waals surface area (Å²) >= 11 is 0. The first-order chi connectivity index (χ1) is 9.04. The Kier molecular flexibility index (Phi) is 4.16. The van der Waals surface area contributed by atoms with E-state index in [1.807, 2.05) is 24.3 Å². The van der Waals surface area contributed by atoms with E-state index in [-0.39, 0.29) is 11.8 Å². The number of nitrogens with zero attached hydrogens (tertiary/aromatic N) is 1. The first-order valence-corrected chi connectivity index (χ1v) is 6.36. The van der Waals surface area contributed by atoms with Gasteiger partial charge in [-0.2, -0.15) is 0 Å². The smallest absolute Gasteiger partial charge is 0.307 e. The quantitative estimate of drug-likeness (QED) is 0.863. The molecule has 1 aromatic carbocycles. The van der Waals surface area contributed by atoms with Crippen molar-refractivity contribution in [3.63, 3.8) is 0 Å². The van der Waals surface area contributed by atoms with Gasteiger partial charge in [0.1, 0.15) is 0 Å². The molecule has 0 radical (unpaired) electrons. The number of likely N-dealkylation sites (tertiary alicyclic amines) is 1. The predicted octanol–water partition coefficient (Wildman–Crippen LogP) is 1.55. The molecule has 1 aliphatic rings. The van der Waals surface area contributed by atoms with Crippen LogP contribution in [0.4, 0.5) is 5.69 Å². The fourth-order valence-corrected chi connectivity index (χ4v) is 2.33. The first kappa shape index (κ1) is 13.5. The van der Waals surface area contributed by atoms with Gasteiger partial charge in [0, 0.05) is 25.7 Å². The predicted molar refractivity (Wildman–Crippen MR) is 71.8 cm³/mol. The maximum absolute atomic E-state index is 10.9. The number of anilines is 1. The summed E-state index contributed by atoms with van der Waals surface area (Å²) in [6, 6.07) is 7.64. The molecule has 0 bridgehead atoms. The highest BCUT2D eigenvalue weighted by molar-refractivity contribution is 5.88. The molecule has 102 valence electrons. The molecule has 0 saturated carbocycles. The van der Waals surface area contributed by atoms with Crippen LogP contribution in [-0.4, -0.2) is 35.0 Å². The van der Waals surface area contributed by atoms with E-state index in [0.29, 0.717) is 6.54 Å². The number of benzene rings is 1. The van der Waals surface area contributed by atoms with E-state index in [0.717, 1.165) is 30.8 Å². The second-order valence-corrected chi connectivity index (χ2v) is 4.94. The summed E-state index contributed by atoms with van der Waals surface area (Å²) in [6.07, 6.45) is 0.722. The molecule has 2 N–H and O–H groups in total. The molecule has 0 aliphatic carbocycles. The first-order valence-electron chi connectivity index (χ1n) is 6.36. The molecule has 1 fully saturated rings. The Hall–Kier alpha value is -1.88. The van der Waals surface area contributed by atoms with E-state index in [4.69, 9.17) is 5.11 Å². The minimum Gasteiger partial charge on any atom is -0.481 e. The number of carbonyl (C=O) groups is 2. The summed E-state index contributed by atoms with van der Waals surface area (Å²) in [5, 5.41) is 11.7. The van der Waals surface area contributed by atoms with Gasteiger partial charge in [0.2, 0.25) is 5.91 Å². The average Bonchev–Trinajstić information content (AvgIpc) is 2.80. The zero-order valence-electron chi connectivity index (χ0n) is 10.9. The van der Waals surface area contributed by atoms with Crippen LogP contribution in [0.3, 0.4) is 0 Å². The van der Waals surface area contributed by atoms with E-state index >= 15 is 0 Å². The van der Waals surface area contributed by atoms with Crippen LogP contribution in [0, 0.1) is 5.92 Å². The van der Waals surface area contributed by atoms with Crippen LogP contribution in [-0.2, 0) is 16.1 Å². The number of carboxylic acid groups (broad SMARTS) is 1. The normalized spacial score (nSPS) is 19.3. The zero-order valence-corrected chi connectivity index (χ0v) is 10.9. The maximum atomic E-state index is 10.9. The lowest BCUT2D eigenvalue weighted by atomic mass is 10.1. The Morgan fingerprint density at radius 1 is 1.37 bits per heavy atom. The van der Waals surface area contributed by atoms with Gasteiger partial charge in [-0.05, 0) is 30.7 Å². The molecular weight excluding hydrogens is 244 g/mol. The lowest BCUT2D eigenvalue weighted by Gasteiger charge is -2.15. The lowest BCUT2D eigenvalue weighted by Crippen LogP contribution is -2.22. The molecule has 1 saturated heterocycles. The van der Waals surface area contributed by atoms with E-state index < -0.39 is 5.97 Å². The Morgan fingerprint density at radius 2 is 2.05 bits per heavy atom. The number of nitrogens with one attached hydrogen (secondary N) is 1. The third-order valence-corrected chi connectivity index (χ3v) is 3.30.